The number of nitrogens with two attached hydrogens (primary N) is 1. The molecule has 1 unspecified atom stereocenters. The van der Waals surface area contributed by atoms with Gasteiger partial charge < -0.3 is 5.73 Å². The normalized spacial score (nSPS) is 12.7. The van der Waals surface area contributed by atoms with Crippen LogP contribution in [-0.2, 0) is 0 Å². The fourth-order valence-corrected chi connectivity index (χ4v) is 1.94. The summed E-state index contributed by atoms with van der Waals surface area (Å²) in [4.78, 5) is 0. The Bertz CT molecular complexity index is 474. The highest BCUT2D eigenvalue weighted by molar-refractivity contribution is 5.64. The van der Waals surface area contributed by atoms with Crippen LogP contribution in [0.15, 0.2) is 54.6 Å². The van der Waals surface area contributed by atoms with E-state index in [0.29, 0.717) is 5.92 Å². The van der Waals surface area contributed by atoms with E-state index in [2.05, 4.69) is 62.4 Å². The maximum atomic E-state index is 6.18. The van der Waals surface area contributed by atoms with Gasteiger partial charge in [-0.15, -0.1) is 0 Å². The van der Waals surface area contributed by atoms with Crippen LogP contribution in [0, 0.1) is 5.92 Å². The van der Waals surface area contributed by atoms with Crippen LogP contribution in [0.3, 0.4) is 0 Å². The molecule has 17 heavy (non-hydrogen) atoms. The van der Waals surface area contributed by atoms with Crippen LogP contribution in [0.4, 0.5) is 0 Å². The van der Waals surface area contributed by atoms with E-state index in [1.54, 1.807) is 0 Å². The Morgan fingerprint density at radius 1 is 0.824 bits per heavy atom. The molecule has 1 nitrogen and oxygen atoms in total. The first kappa shape index (κ1) is 11.9. The van der Waals surface area contributed by atoms with Gasteiger partial charge in [0.2, 0.25) is 0 Å². The van der Waals surface area contributed by atoms with E-state index in [9.17, 15) is 0 Å². The average molecular weight is 225 g/mol. The fourth-order valence-electron chi connectivity index (χ4n) is 1.94. The summed E-state index contributed by atoms with van der Waals surface area (Å²) in [5.41, 5.74) is 9.87. The van der Waals surface area contributed by atoms with Crippen molar-refractivity contribution in [3.63, 3.8) is 0 Å². The lowest BCUT2D eigenvalue weighted by atomic mass is 9.94. The smallest absolute Gasteiger partial charge is 0.0318 e. The van der Waals surface area contributed by atoms with Crippen molar-refractivity contribution in [3.8, 4) is 11.1 Å². The molecule has 0 aliphatic heterocycles. The molecule has 0 spiro atoms. The summed E-state index contributed by atoms with van der Waals surface area (Å²) in [7, 11) is 0. The number of hydrogen-bond acceptors (Lipinski definition) is 1. The Balaban J connectivity index is 2.35. The molecule has 0 saturated heterocycles. The summed E-state index contributed by atoms with van der Waals surface area (Å²) >= 11 is 0. The lowest BCUT2D eigenvalue weighted by Crippen LogP contribution is -2.16. The Morgan fingerprint density at radius 3 is 2.12 bits per heavy atom. The third-order valence-electron chi connectivity index (χ3n) is 3.10. The quantitative estimate of drug-likeness (QED) is 0.839. The molecule has 0 amide bonds. The van der Waals surface area contributed by atoms with E-state index in [1.165, 1.54) is 16.7 Å². The molecule has 88 valence electrons. The molecule has 0 aliphatic carbocycles. The molecule has 0 saturated carbocycles. The molecular weight excluding hydrogens is 206 g/mol. The summed E-state index contributed by atoms with van der Waals surface area (Å²) < 4.78 is 0. The molecule has 2 rings (SSSR count). The molecule has 1 atom stereocenters. The molecule has 0 bridgehead atoms. The van der Waals surface area contributed by atoms with Crippen molar-refractivity contribution < 1.29 is 0 Å². The molecule has 0 heterocycles. The summed E-state index contributed by atoms with van der Waals surface area (Å²) in [5.74, 6) is 0.459. The SMILES string of the molecule is CC(C)C(N)c1cccc(-c2ccccc2)c1. The first-order valence-corrected chi connectivity index (χ1v) is 6.09. The third kappa shape index (κ3) is 2.75. The van der Waals surface area contributed by atoms with Crippen molar-refractivity contribution in [1.82, 2.24) is 0 Å². The Hall–Kier alpha value is -1.60. The van der Waals surface area contributed by atoms with E-state index in [1.807, 2.05) is 6.07 Å². The van der Waals surface area contributed by atoms with Gasteiger partial charge in [-0.2, -0.15) is 0 Å². The van der Waals surface area contributed by atoms with Crippen molar-refractivity contribution in [1.29, 1.82) is 0 Å². The van der Waals surface area contributed by atoms with Gasteiger partial charge in [-0.05, 0) is 28.7 Å². The monoisotopic (exact) mass is 225 g/mol. The maximum Gasteiger partial charge on any atom is 0.0318 e. The zero-order chi connectivity index (χ0) is 12.3. The van der Waals surface area contributed by atoms with Gasteiger partial charge >= 0.3 is 0 Å². The first-order valence-electron chi connectivity index (χ1n) is 6.09. The summed E-state index contributed by atoms with van der Waals surface area (Å²) in [5, 5.41) is 0. The van der Waals surface area contributed by atoms with E-state index in [0.717, 1.165) is 0 Å². The highest BCUT2D eigenvalue weighted by atomic mass is 14.6. The Kier molecular flexibility index (Phi) is 3.60. The molecule has 2 aromatic rings. The molecule has 2 N–H and O–H groups in total. The summed E-state index contributed by atoms with van der Waals surface area (Å²) in [6, 6.07) is 19.0. The average Bonchev–Trinajstić information content (AvgIpc) is 2.39. The van der Waals surface area contributed by atoms with Gasteiger partial charge in [0.1, 0.15) is 0 Å². The Morgan fingerprint density at radius 2 is 1.47 bits per heavy atom. The van der Waals surface area contributed by atoms with Crippen molar-refractivity contribution in [2.75, 3.05) is 0 Å². The highest BCUT2D eigenvalue weighted by Gasteiger charge is 2.10. The minimum absolute atomic E-state index is 0.110. The second-order valence-electron chi connectivity index (χ2n) is 4.76. The molecule has 1 heteroatoms. The minimum atomic E-state index is 0.110. The van der Waals surface area contributed by atoms with Crippen LogP contribution < -0.4 is 5.73 Å². The number of rotatable bonds is 3. The van der Waals surface area contributed by atoms with Crippen LogP contribution in [0.25, 0.3) is 11.1 Å². The fraction of sp³-hybridized carbons (Fsp3) is 0.250. The second-order valence-corrected chi connectivity index (χ2v) is 4.76. The van der Waals surface area contributed by atoms with Crippen molar-refractivity contribution in [3.05, 3.63) is 60.2 Å². The molecule has 0 aliphatic rings. The van der Waals surface area contributed by atoms with Crippen LogP contribution in [0.5, 0.6) is 0 Å². The first-order chi connectivity index (χ1) is 8.18. The van der Waals surface area contributed by atoms with Gasteiger partial charge in [-0.3, -0.25) is 0 Å². The molecule has 2 aromatic carbocycles. The van der Waals surface area contributed by atoms with Crippen LogP contribution in [0.2, 0.25) is 0 Å². The highest BCUT2D eigenvalue weighted by Crippen LogP contribution is 2.25. The molecule has 0 radical (unpaired) electrons. The molecule has 0 aromatic heterocycles. The zero-order valence-corrected chi connectivity index (χ0v) is 10.4. The second kappa shape index (κ2) is 5.15. The van der Waals surface area contributed by atoms with Gasteiger partial charge in [-0.25, -0.2) is 0 Å². The lowest BCUT2D eigenvalue weighted by molar-refractivity contribution is 0.514. The molecule has 0 fully saturated rings. The topological polar surface area (TPSA) is 26.0 Å². The van der Waals surface area contributed by atoms with Crippen molar-refractivity contribution in [2.24, 2.45) is 11.7 Å². The zero-order valence-electron chi connectivity index (χ0n) is 10.4. The maximum absolute atomic E-state index is 6.18. The predicted octanol–water partition coefficient (Wildman–Crippen LogP) is 4.01. The van der Waals surface area contributed by atoms with E-state index < -0.39 is 0 Å². The summed E-state index contributed by atoms with van der Waals surface area (Å²) in [6.07, 6.45) is 0. The van der Waals surface area contributed by atoms with Gasteiger partial charge in [-0.1, -0.05) is 62.4 Å². The minimum Gasteiger partial charge on any atom is -0.324 e. The predicted molar refractivity (Wildman–Crippen MR) is 73.6 cm³/mol. The van der Waals surface area contributed by atoms with E-state index in [-0.39, 0.29) is 6.04 Å². The van der Waals surface area contributed by atoms with Gasteiger partial charge in [0.05, 0.1) is 0 Å². The van der Waals surface area contributed by atoms with Gasteiger partial charge in [0, 0.05) is 6.04 Å². The largest absolute Gasteiger partial charge is 0.324 e. The number of hydrogen-bond donors (Lipinski definition) is 1. The van der Waals surface area contributed by atoms with E-state index in [4.69, 9.17) is 5.73 Å². The summed E-state index contributed by atoms with van der Waals surface area (Å²) in [6.45, 7) is 4.31. The lowest BCUT2D eigenvalue weighted by Gasteiger charge is -2.16. The van der Waals surface area contributed by atoms with Crippen molar-refractivity contribution >= 4 is 0 Å². The van der Waals surface area contributed by atoms with Crippen LogP contribution in [0.1, 0.15) is 25.5 Å². The van der Waals surface area contributed by atoms with E-state index >= 15 is 0 Å². The van der Waals surface area contributed by atoms with Crippen molar-refractivity contribution in [2.45, 2.75) is 19.9 Å². The van der Waals surface area contributed by atoms with Crippen LogP contribution >= 0.6 is 0 Å². The third-order valence-corrected chi connectivity index (χ3v) is 3.10. The van der Waals surface area contributed by atoms with Gasteiger partial charge in [0.25, 0.3) is 0 Å². The molecular formula is C16H19N. The Labute approximate surface area is 103 Å². The standard InChI is InChI=1S/C16H19N/c1-12(2)16(17)15-10-6-9-14(11-15)13-7-4-3-5-8-13/h3-12,16H,17H2,1-2H3. The number of benzene rings is 2. The van der Waals surface area contributed by atoms with Crippen LogP contribution in [-0.4, -0.2) is 0 Å². The van der Waals surface area contributed by atoms with Gasteiger partial charge in [0.15, 0.2) is 0 Å².